The maximum atomic E-state index is 13.6. The number of fused-ring (bicyclic) bond motifs is 1. The Morgan fingerprint density at radius 1 is 0.974 bits per heavy atom. The molecule has 4 aromatic rings. The summed E-state index contributed by atoms with van der Waals surface area (Å²) in [6, 6.07) is 14.1. The van der Waals surface area contributed by atoms with Crippen molar-refractivity contribution >= 4 is 22.8 Å². The Kier molecular flexibility index (Phi) is 7.40. The fourth-order valence-electron chi connectivity index (χ4n) is 5.04. The van der Waals surface area contributed by atoms with Gasteiger partial charge in [0.1, 0.15) is 17.5 Å². The van der Waals surface area contributed by atoms with E-state index in [1.165, 1.54) is 12.1 Å². The van der Waals surface area contributed by atoms with Crippen LogP contribution in [0.3, 0.4) is 0 Å². The molecule has 2 aromatic carbocycles. The third-order valence-electron chi connectivity index (χ3n) is 7.20. The number of hydrogen-bond acceptors (Lipinski definition) is 5. The lowest BCUT2D eigenvalue weighted by Crippen LogP contribution is -2.35. The molecule has 0 aliphatic carbocycles. The quantitative estimate of drug-likeness (QED) is 0.339. The molecule has 1 saturated heterocycles. The molecule has 1 fully saturated rings. The van der Waals surface area contributed by atoms with E-state index in [0.29, 0.717) is 25.6 Å². The monoisotopic (exact) mass is 514 g/mol. The van der Waals surface area contributed by atoms with Crippen LogP contribution in [0, 0.1) is 25.6 Å². The predicted molar refractivity (Wildman–Crippen MR) is 148 cm³/mol. The van der Waals surface area contributed by atoms with Crippen LogP contribution in [0.5, 0.6) is 0 Å². The minimum atomic E-state index is -0.288. The second-order valence-corrected chi connectivity index (χ2v) is 10.5. The van der Waals surface area contributed by atoms with Gasteiger partial charge in [0.2, 0.25) is 0 Å². The Morgan fingerprint density at radius 2 is 1.74 bits per heavy atom. The SMILES string of the molecule is Cc1ccccc1C(=O)N1CCCN(c2nc(CCC(C)C)nc3c2c(C)nn3-c2ccc(F)cc2)CC1. The highest BCUT2D eigenvalue weighted by molar-refractivity contribution is 5.96. The fourth-order valence-corrected chi connectivity index (χ4v) is 5.04. The summed E-state index contributed by atoms with van der Waals surface area (Å²) in [4.78, 5) is 27.5. The molecule has 0 radical (unpaired) electrons. The lowest BCUT2D eigenvalue weighted by atomic mass is 10.1. The van der Waals surface area contributed by atoms with Crippen LogP contribution in [0.1, 0.15) is 54.1 Å². The fraction of sp³-hybridized carbons (Fsp3) is 0.400. The average Bonchev–Trinajstić information content (AvgIpc) is 3.07. The number of anilines is 1. The molecule has 1 aliphatic heterocycles. The number of aromatic nitrogens is 4. The standard InChI is InChI=1S/C30H35FN6O/c1-20(2)10-15-26-32-28(27-22(4)34-37(29(27)33-26)24-13-11-23(31)12-14-24)35-16-7-17-36(19-18-35)30(38)25-9-6-5-8-21(25)3/h5-6,8-9,11-14,20H,7,10,15-19H2,1-4H3. The highest BCUT2D eigenvalue weighted by atomic mass is 19.1. The molecule has 3 heterocycles. The summed E-state index contributed by atoms with van der Waals surface area (Å²) in [6.07, 6.45) is 2.59. The Morgan fingerprint density at radius 3 is 2.47 bits per heavy atom. The van der Waals surface area contributed by atoms with Gasteiger partial charge in [-0.25, -0.2) is 19.0 Å². The summed E-state index contributed by atoms with van der Waals surface area (Å²) in [5.41, 5.74) is 4.07. The van der Waals surface area contributed by atoms with Crippen molar-refractivity contribution in [1.29, 1.82) is 0 Å². The number of amides is 1. The first kappa shape index (κ1) is 25.8. The summed E-state index contributed by atoms with van der Waals surface area (Å²) in [7, 11) is 0. The van der Waals surface area contributed by atoms with Gasteiger partial charge in [-0.15, -0.1) is 0 Å². The first-order valence-corrected chi connectivity index (χ1v) is 13.4. The molecule has 2 aromatic heterocycles. The van der Waals surface area contributed by atoms with Crippen molar-refractivity contribution in [3.8, 4) is 5.69 Å². The van der Waals surface area contributed by atoms with Gasteiger partial charge in [-0.3, -0.25) is 4.79 Å². The van der Waals surface area contributed by atoms with Crippen molar-refractivity contribution < 1.29 is 9.18 Å². The van der Waals surface area contributed by atoms with E-state index >= 15 is 0 Å². The first-order chi connectivity index (χ1) is 18.3. The van der Waals surface area contributed by atoms with Crippen molar-refractivity contribution in [2.24, 2.45) is 5.92 Å². The highest BCUT2D eigenvalue weighted by Crippen LogP contribution is 2.30. The molecule has 0 N–H and O–H groups in total. The van der Waals surface area contributed by atoms with Gasteiger partial charge in [-0.2, -0.15) is 5.10 Å². The molecular weight excluding hydrogens is 479 g/mol. The van der Waals surface area contributed by atoms with Crippen molar-refractivity contribution in [2.45, 2.75) is 47.0 Å². The lowest BCUT2D eigenvalue weighted by Gasteiger charge is -2.24. The lowest BCUT2D eigenvalue weighted by molar-refractivity contribution is 0.0766. The van der Waals surface area contributed by atoms with Gasteiger partial charge in [-0.1, -0.05) is 32.0 Å². The molecular formula is C30H35FN6O. The van der Waals surface area contributed by atoms with Crippen molar-refractivity contribution in [2.75, 3.05) is 31.1 Å². The molecule has 8 heteroatoms. The maximum absolute atomic E-state index is 13.6. The van der Waals surface area contributed by atoms with Gasteiger partial charge in [0.25, 0.3) is 5.91 Å². The van der Waals surface area contributed by atoms with Gasteiger partial charge < -0.3 is 9.80 Å². The van der Waals surface area contributed by atoms with Crippen LogP contribution in [0.4, 0.5) is 10.2 Å². The smallest absolute Gasteiger partial charge is 0.254 e. The molecule has 38 heavy (non-hydrogen) atoms. The van der Waals surface area contributed by atoms with E-state index in [9.17, 15) is 9.18 Å². The van der Waals surface area contributed by atoms with E-state index in [0.717, 1.165) is 71.0 Å². The minimum absolute atomic E-state index is 0.0794. The summed E-state index contributed by atoms with van der Waals surface area (Å²) in [6.45, 7) is 11.1. The number of carbonyl (C=O) groups is 1. The average molecular weight is 515 g/mol. The molecule has 198 valence electrons. The van der Waals surface area contributed by atoms with Crippen LogP contribution >= 0.6 is 0 Å². The largest absolute Gasteiger partial charge is 0.354 e. The van der Waals surface area contributed by atoms with E-state index in [2.05, 4.69) is 18.7 Å². The molecule has 0 unspecified atom stereocenters. The van der Waals surface area contributed by atoms with Crippen LogP contribution in [0.15, 0.2) is 48.5 Å². The molecule has 5 rings (SSSR count). The third kappa shape index (κ3) is 5.26. The van der Waals surface area contributed by atoms with Gasteiger partial charge >= 0.3 is 0 Å². The van der Waals surface area contributed by atoms with E-state index in [4.69, 9.17) is 15.1 Å². The first-order valence-electron chi connectivity index (χ1n) is 13.4. The minimum Gasteiger partial charge on any atom is -0.354 e. The number of aryl methyl sites for hydroxylation is 3. The summed E-state index contributed by atoms with van der Waals surface area (Å²) >= 11 is 0. The second-order valence-electron chi connectivity index (χ2n) is 10.5. The van der Waals surface area contributed by atoms with Crippen molar-refractivity contribution in [3.05, 3.63) is 77.0 Å². The second kappa shape index (κ2) is 10.9. The maximum Gasteiger partial charge on any atom is 0.254 e. The Balaban J connectivity index is 1.51. The summed E-state index contributed by atoms with van der Waals surface area (Å²) in [5, 5.41) is 5.70. The number of rotatable bonds is 6. The van der Waals surface area contributed by atoms with E-state index < -0.39 is 0 Å². The number of benzene rings is 2. The van der Waals surface area contributed by atoms with Gasteiger partial charge in [0, 0.05) is 38.2 Å². The molecule has 0 spiro atoms. The van der Waals surface area contributed by atoms with Gasteiger partial charge in [0.15, 0.2) is 5.65 Å². The molecule has 0 saturated carbocycles. The van der Waals surface area contributed by atoms with E-state index in [-0.39, 0.29) is 11.7 Å². The molecule has 7 nitrogen and oxygen atoms in total. The number of hydrogen-bond donors (Lipinski definition) is 0. The normalized spacial score (nSPS) is 14.4. The van der Waals surface area contributed by atoms with Crippen LogP contribution in [0.25, 0.3) is 16.7 Å². The predicted octanol–water partition coefficient (Wildman–Crippen LogP) is 5.51. The van der Waals surface area contributed by atoms with Crippen LogP contribution in [0.2, 0.25) is 0 Å². The zero-order chi connectivity index (χ0) is 26.8. The van der Waals surface area contributed by atoms with Gasteiger partial charge in [-0.05, 0) is 68.5 Å². The zero-order valence-corrected chi connectivity index (χ0v) is 22.6. The zero-order valence-electron chi connectivity index (χ0n) is 22.6. The van der Waals surface area contributed by atoms with Crippen molar-refractivity contribution in [1.82, 2.24) is 24.6 Å². The molecule has 1 amide bonds. The third-order valence-corrected chi connectivity index (χ3v) is 7.20. The Labute approximate surface area is 223 Å². The van der Waals surface area contributed by atoms with E-state index in [1.807, 2.05) is 43.0 Å². The molecule has 1 aliphatic rings. The Hall–Kier alpha value is -3.81. The van der Waals surface area contributed by atoms with Crippen molar-refractivity contribution in [3.63, 3.8) is 0 Å². The van der Waals surface area contributed by atoms with Gasteiger partial charge in [0.05, 0.1) is 16.8 Å². The summed E-state index contributed by atoms with van der Waals surface area (Å²) < 4.78 is 15.4. The van der Waals surface area contributed by atoms with Crippen LogP contribution in [-0.2, 0) is 6.42 Å². The van der Waals surface area contributed by atoms with Crippen LogP contribution < -0.4 is 4.90 Å². The topological polar surface area (TPSA) is 67.2 Å². The molecule has 0 bridgehead atoms. The number of halogens is 1. The van der Waals surface area contributed by atoms with Crippen LogP contribution in [-0.4, -0.2) is 56.7 Å². The molecule has 0 atom stereocenters. The highest BCUT2D eigenvalue weighted by Gasteiger charge is 2.26. The number of carbonyl (C=O) groups excluding carboxylic acids is 1. The number of nitrogens with zero attached hydrogens (tertiary/aromatic N) is 6. The summed E-state index contributed by atoms with van der Waals surface area (Å²) in [5.74, 6) is 1.96. The Bertz CT molecular complexity index is 1450. The van der Waals surface area contributed by atoms with E-state index in [1.54, 1.807) is 16.8 Å².